The second kappa shape index (κ2) is 4.63. The summed E-state index contributed by atoms with van der Waals surface area (Å²) in [6, 6.07) is 5.88. The van der Waals surface area contributed by atoms with Crippen LogP contribution in [0.1, 0.15) is 41.5 Å². The molecule has 0 amide bonds. The Balaban J connectivity index is 2.40. The number of hydrogen-bond acceptors (Lipinski definition) is 2. The smallest absolute Gasteiger partial charge is 0.337 e. The molecule has 2 aromatic rings. The van der Waals surface area contributed by atoms with Crippen LogP contribution in [0.2, 0.25) is 0 Å². The van der Waals surface area contributed by atoms with Gasteiger partial charge in [0.1, 0.15) is 0 Å². The third kappa shape index (κ3) is 1.83. The molecule has 0 fully saturated rings. The predicted octanol–water partition coefficient (Wildman–Crippen LogP) is 2.91. The number of carbonyl (C=O) groups is 1. The van der Waals surface area contributed by atoms with Crippen LogP contribution in [0.3, 0.4) is 0 Å². The van der Waals surface area contributed by atoms with Gasteiger partial charge in [-0.25, -0.2) is 4.79 Å². The molecule has 1 aromatic heterocycles. The van der Waals surface area contributed by atoms with E-state index in [0.717, 1.165) is 30.4 Å². The SMILES string of the molecule is CC(C)n1c2c(c3cccc(C(=O)O)c31)CN(C)CC2. The molecular weight excluding hydrogens is 252 g/mol. The first kappa shape index (κ1) is 13.2. The normalized spacial score (nSPS) is 15.8. The van der Waals surface area contributed by atoms with Gasteiger partial charge in [-0.3, -0.25) is 0 Å². The highest BCUT2D eigenvalue weighted by atomic mass is 16.4. The van der Waals surface area contributed by atoms with E-state index in [0.29, 0.717) is 5.56 Å². The van der Waals surface area contributed by atoms with Crippen LogP contribution >= 0.6 is 0 Å². The lowest BCUT2D eigenvalue weighted by atomic mass is 10.0. The largest absolute Gasteiger partial charge is 0.478 e. The number of nitrogens with zero attached hydrogens (tertiary/aromatic N) is 2. The quantitative estimate of drug-likeness (QED) is 0.914. The van der Waals surface area contributed by atoms with E-state index in [1.165, 1.54) is 11.3 Å². The Morgan fingerprint density at radius 2 is 2.10 bits per heavy atom. The standard InChI is InChI=1S/C16H20N2O2/c1-10(2)18-14-7-8-17(3)9-13(14)11-5-4-6-12(15(11)18)16(19)20/h4-6,10H,7-9H2,1-3H3,(H,19,20). The van der Waals surface area contributed by atoms with Crippen molar-refractivity contribution >= 4 is 16.9 Å². The number of hydrogen-bond donors (Lipinski definition) is 1. The van der Waals surface area contributed by atoms with Crippen molar-refractivity contribution in [1.29, 1.82) is 0 Å². The second-order valence-electron chi connectivity index (χ2n) is 5.88. The number of carboxylic acid groups (broad SMARTS) is 1. The van der Waals surface area contributed by atoms with Crippen molar-refractivity contribution in [2.75, 3.05) is 13.6 Å². The summed E-state index contributed by atoms with van der Waals surface area (Å²) < 4.78 is 2.22. The summed E-state index contributed by atoms with van der Waals surface area (Å²) in [6.45, 7) is 6.17. The lowest BCUT2D eigenvalue weighted by Crippen LogP contribution is -2.27. The molecule has 4 nitrogen and oxygen atoms in total. The molecule has 0 aliphatic carbocycles. The van der Waals surface area contributed by atoms with Crippen LogP contribution in [0.15, 0.2) is 18.2 Å². The van der Waals surface area contributed by atoms with Gasteiger partial charge in [-0.05, 0) is 32.5 Å². The Morgan fingerprint density at radius 3 is 2.75 bits per heavy atom. The van der Waals surface area contributed by atoms with Crippen molar-refractivity contribution in [3.05, 3.63) is 35.0 Å². The van der Waals surface area contributed by atoms with Crippen molar-refractivity contribution in [1.82, 2.24) is 9.47 Å². The van der Waals surface area contributed by atoms with E-state index < -0.39 is 5.97 Å². The fourth-order valence-electron chi connectivity index (χ4n) is 3.32. The van der Waals surface area contributed by atoms with Crippen LogP contribution in [0.5, 0.6) is 0 Å². The Morgan fingerprint density at radius 1 is 1.35 bits per heavy atom. The van der Waals surface area contributed by atoms with E-state index in [4.69, 9.17) is 0 Å². The van der Waals surface area contributed by atoms with Crippen LogP contribution in [0.25, 0.3) is 10.9 Å². The average Bonchev–Trinajstić information content (AvgIpc) is 2.72. The molecular formula is C16H20N2O2. The molecule has 1 aliphatic heterocycles. The molecule has 1 aliphatic rings. The predicted molar refractivity (Wildman–Crippen MR) is 79.3 cm³/mol. The van der Waals surface area contributed by atoms with Crippen molar-refractivity contribution in [3.8, 4) is 0 Å². The van der Waals surface area contributed by atoms with Gasteiger partial charge in [-0.2, -0.15) is 0 Å². The van der Waals surface area contributed by atoms with Crippen LogP contribution in [0, 0.1) is 0 Å². The molecule has 0 saturated carbocycles. The maximum absolute atomic E-state index is 11.5. The summed E-state index contributed by atoms with van der Waals surface area (Å²) in [6.07, 6.45) is 0.984. The number of benzene rings is 1. The number of aromatic nitrogens is 1. The van der Waals surface area contributed by atoms with Gasteiger partial charge in [0.25, 0.3) is 0 Å². The monoisotopic (exact) mass is 272 g/mol. The third-order valence-corrected chi connectivity index (χ3v) is 4.15. The van der Waals surface area contributed by atoms with Crippen LogP contribution in [-0.2, 0) is 13.0 Å². The van der Waals surface area contributed by atoms with Crippen LogP contribution in [0.4, 0.5) is 0 Å². The fraction of sp³-hybridized carbons (Fsp3) is 0.438. The lowest BCUT2D eigenvalue weighted by molar-refractivity contribution is 0.0698. The van der Waals surface area contributed by atoms with E-state index in [-0.39, 0.29) is 6.04 Å². The number of aromatic carboxylic acids is 1. The molecule has 106 valence electrons. The minimum absolute atomic E-state index is 0.269. The Labute approximate surface area is 118 Å². The molecule has 0 atom stereocenters. The number of rotatable bonds is 2. The van der Waals surface area contributed by atoms with Crippen molar-refractivity contribution < 1.29 is 9.90 Å². The topological polar surface area (TPSA) is 45.5 Å². The highest BCUT2D eigenvalue weighted by molar-refractivity contribution is 6.04. The molecule has 4 heteroatoms. The zero-order chi connectivity index (χ0) is 14.4. The van der Waals surface area contributed by atoms with Gasteiger partial charge < -0.3 is 14.6 Å². The highest BCUT2D eigenvalue weighted by Crippen LogP contribution is 2.34. The lowest BCUT2D eigenvalue weighted by Gasteiger charge is -2.25. The average molecular weight is 272 g/mol. The number of likely N-dealkylation sites (N-methyl/N-ethyl adjacent to an activating group) is 1. The summed E-state index contributed by atoms with van der Waals surface area (Å²) in [5.41, 5.74) is 3.90. The third-order valence-electron chi connectivity index (χ3n) is 4.15. The van der Waals surface area contributed by atoms with E-state index in [9.17, 15) is 9.90 Å². The molecule has 0 radical (unpaired) electrons. The molecule has 0 spiro atoms. The van der Waals surface area contributed by atoms with Crippen molar-refractivity contribution in [2.24, 2.45) is 0 Å². The van der Waals surface area contributed by atoms with Crippen LogP contribution < -0.4 is 0 Å². The maximum atomic E-state index is 11.5. The summed E-state index contributed by atoms with van der Waals surface area (Å²) in [4.78, 5) is 13.8. The van der Waals surface area contributed by atoms with Crippen LogP contribution in [-0.4, -0.2) is 34.1 Å². The van der Waals surface area contributed by atoms with Gasteiger partial charge in [0.15, 0.2) is 0 Å². The molecule has 1 aromatic carbocycles. The number of carboxylic acids is 1. The van der Waals surface area contributed by atoms with Gasteiger partial charge in [0.05, 0.1) is 11.1 Å². The van der Waals surface area contributed by atoms with Gasteiger partial charge in [0.2, 0.25) is 0 Å². The Hall–Kier alpha value is -1.81. The zero-order valence-corrected chi connectivity index (χ0v) is 12.2. The van der Waals surface area contributed by atoms with Gasteiger partial charge in [-0.15, -0.1) is 0 Å². The Bertz CT molecular complexity index is 685. The van der Waals surface area contributed by atoms with Gasteiger partial charge >= 0.3 is 5.97 Å². The Kier molecular flexibility index (Phi) is 3.05. The minimum Gasteiger partial charge on any atom is -0.478 e. The molecule has 2 heterocycles. The first-order valence-corrected chi connectivity index (χ1v) is 7.07. The molecule has 0 saturated heterocycles. The van der Waals surface area contributed by atoms with E-state index >= 15 is 0 Å². The van der Waals surface area contributed by atoms with E-state index in [1.807, 2.05) is 6.07 Å². The first-order valence-electron chi connectivity index (χ1n) is 7.07. The summed E-state index contributed by atoms with van der Waals surface area (Å²) >= 11 is 0. The zero-order valence-electron chi connectivity index (χ0n) is 12.2. The van der Waals surface area contributed by atoms with E-state index in [1.54, 1.807) is 6.07 Å². The number of fused-ring (bicyclic) bond motifs is 3. The summed E-state index contributed by atoms with van der Waals surface area (Å²) in [7, 11) is 2.11. The summed E-state index contributed by atoms with van der Waals surface area (Å²) in [5, 5.41) is 10.6. The van der Waals surface area contributed by atoms with Crippen molar-refractivity contribution in [3.63, 3.8) is 0 Å². The molecule has 0 unspecified atom stereocenters. The molecule has 1 N–H and O–H groups in total. The molecule has 3 rings (SSSR count). The first-order chi connectivity index (χ1) is 9.50. The molecule has 20 heavy (non-hydrogen) atoms. The highest BCUT2D eigenvalue weighted by Gasteiger charge is 2.26. The second-order valence-corrected chi connectivity index (χ2v) is 5.88. The maximum Gasteiger partial charge on any atom is 0.337 e. The van der Waals surface area contributed by atoms with Crippen molar-refractivity contribution in [2.45, 2.75) is 32.9 Å². The fourth-order valence-corrected chi connectivity index (χ4v) is 3.32. The minimum atomic E-state index is -0.847. The molecule has 0 bridgehead atoms. The summed E-state index contributed by atoms with van der Waals surface area (Å²) in [5.74, 6) is -0.847. The number of para-hydroxylation sites is 1. The van der Waals surface area contributed by atoms with E-state index in [2.05, 4.69) is 36.4 Å². The van der Waals surface area contributed by atoms with Gasteiger partial charge in [0, 0.05) is 36.6 Å². The van der Waals surface area contributed by atoms with Gasteiger partial charge in [-0.1, -0.05) is 12.1 Å².